The molecule has 1 aliphatic rings. The van der Waals surface area contributed by atoms with Gasteiger partial charge in [0, 0.05) is 12.6 Å². The van der Waals surface area contributed by atoms with Gasteiger partial charge in [-0.3, -0.25) is 13.9 Å². The molecule has 10 heteroatoms. The maximum atomic E-state index is 14.1. The Bertz CT molecular complexity index is 1470. The van der Waals surface area contributed by atoms with Gasteiger partial charge in [0.2, 0.25) is 11.8 Å². The first-order valence-electron chi connectivity index (χ1n) is 14.7. The van der Waals surface area contributed by atoms with Crippen molar-refractivity contribution >= 4 is 27.5 Å². The zero-order chi connectivity index (χ0) is 31.0. The fourth-order valence-corrected chi connectivity index (χ4v) is 6.59. The predicted octanol–water partition coefficient (Wildman–Crippen LogP) is 5.59. The molecule has 0 heterocycles. The summed E-state index contributed by atoms with van der Waals surface area (Å²) in [4.78, 5) is 28.8. The molecule has 230 valence electrons. The number of ether oxygens (including phenoxy) is 1. The van der Waals surface area contributed by atoms with Gasteiger partial charge >= 0.3 is 0 Å². The van der Waals surface area contributed by atoms with E-state index < -0.39 is 34.3 Å². The molecular formula is C33H40FN3O5S. The minimum absolute atomic E-state index is 0.00231. The van der Waals surface area contributed by atoms with E-state index in [0.29, 0.717) is 23.6 Å². The van der Waals surface area contributed by atoms with Crippen molar-refractivity contribution in [1.29, 1.82) is 0 Å². The zero-order valence-corrected chi connectivity index (χ0v) is 25.8. The number of hydrogen-bond acceptors (Lipinski definition) is 5. The highest BCUT2D eigenvalue weighted by Crippen LogP contribution is 2.27. The van der Waals surface area contributed by atoms with Crippen LogP contribution in [-0.4, -0.2) is 50.4 Å². The molecule has 0 unspecified atom stereocenters. The second-order valence-electron chi connectivity index (χ2n) is 10.9. The normalized spacial score (nSPS) is 14.5. The quantitative estimate of drug-likeness (QED) is 0.289. The number of halogens is 1. The van der Waals surface area contributed by atoms with Gasteiger partial charge < -0.3 is 15.0 Å². The molecule has 4 rings (SSSR count). The van der Waals surface area contributed by atoms with E-state index >= 15 is 0 Å². The monoisotopic (exact) mass is 609 g/mol. The summed E-state index contributed by atoms with van der Waals surface area (Å²) in [7, 11) is -4.19. The van der Waals surface area contributed by atoms with Crippen molar-refractivity contribution in [3.8, 4) is 5.75 Å². The molecular weight excluding hydrogens is 569 g/mol. The molecule has 1 aliphatic carbocycles. The van der Waals surface area contributed by atoms with Crippen LogP contribution < -0.4 is 14.4 Å². The Hall–Kier alpha value is -3.92. The summed E-state index contributed by atoms with van der Waals surface area (Å²) in [5.41, 5.74) is 1.86. The van der Waals surface area contributed by atoms with Crippen LogP contribution in [-0.2, 0) is 26.2 Å². The van der Waals surface area contributed by atoms with Gasteiger partial charge in [0.05, 0.1) is 17.2 Å². The van der Waals surface area contributed by atoms with Crippen LogP contribution in [0.5, 0.6) is 5.75 Å². The van der Waals surface area contributed by atoms with Crippen LogP contribution in [0.3, 0.4) is 0 Å². The van der Waals surface area contributed by atoms with Crippen molar-refractivity contribution in [2.45, 2.75) is 76.4 Å². The summed E-state index contributed by atoms with van der Waals surface area (Å²) < 4.78 is 48.2. The standard InChI is InChI=1S/C33H40FN3O5S/c1-4-42-30-18-20-31(21-19-30)43(40,41)37(29-16-10-24(2)11-17-29)23-32(38)36(22-26-12-14-27(34)15-13-26)25(3)33(39)35-28-8-6-5-7-9-28/h10-21,25,28H,4-9,22-23H2,1-3H3,(H,35,39)/t25-/m0/s1. The summed E-state index contributed by atoms with van der Waals surface area (Å²) in [5.74, 6) is -0.760. The first-order chi connectivity index (χ1) is 20.6. The molecule has 3 aromatic carbocycles. The lowest BCUT2D eigenvalue weighted by atomic mass is 9.95. The van der Waals surface area contributed by atoms with E-state index in [1.54, 1.807) is 55.5 Å². The summed E-state index contributed by atoms with van der Waals surface area (Å²) in [6.45, 7) is 5.26. The molecule has 0 bridgehead atoms. The van der Waals surface area contributed by atoms with Crippen molar-refractivity contribution in [2.24, 2.45) is 0 Å². The summed E-state index contributed by atoms with van der Waals surface area (Å²) in [5, 5.41) is 3.08. The van der Waals surface area contributed by atoms with Gasteiger partial charge in [-0.1, -0.05) is 49.1 Å². The molecule has 2 amide bonds. The summed E-state index contributed by atoms with van der Waals surface area (Å²) in [6.07, 6.45) is 4.96. The minimum atomic E-state index is -4.19. The average Bonchev–Trinajstić information content (AvgIpc) is 3.00. The van der Waals surface area contributed by atoms with Crippen LogP contribution in [0, 0.1) is 12.7 Å². The Labute approximate surface area is 253 Å². The molecule has 0 aromatic heterocycles. The van der Waals surface area contributed by atoms with E-state index in [-0.39, 0.29) is 23.4 Å². The number of rotatable bonds is 12. The zero-order valence-electron chi connectivity index (χ0n) is 25.0. The average molecular weight is 610 g/mol. The molecule has 1 N–H and O–H groups in total. The van der Waals surface area contributed by atoms with E-state index in [1.165, 1.54) is 29.2 Å². The summed E-state index contributed by atoms with van der Waals surface area (Å²) >= 11 is 0. The van der Waals surface area contributed by atoms with Crippen molar-refractivity contribution in [3.05, 3.63) is 89.7 Å². The van der Waals surface area contributed by atoms with Crippen LogP contribution in [0.15, 0.2) is 77.7 Å². The van der Waals surface area contributed by atoms with E-state index in [0.717, 1.165) is 42.0 Å². The van der Waals surface area contributed by atoms with Crippen molar-refractivity contribution in [1.82, 2.24) is 10.2 Å². The maximum absolute atomic E-state index is 14.1. The molecule has 0 saturated heterocycles. The lowest BCUT2D eigenvalue weighted by Crippen LogP contribution is -2.53. The van der Waals surface area contributed by atoms with Crippen LogP contribution in [0.2, 0.25) is 0 Å². The molecule has 1 saturated carbocycles. The molecule has 1 atom stereocenters. The topological polar surface area (TPSA) is 96.0 Å². The Balaban J connectivity index is 1.66. The highest BCUT2D eigenvalue weighted by atomic mass is 32.2. The fourth-order valence-electron chi connectivity index (χ4n) is 5.18. The Kier molecular flexibility index (Phi) is 10.8. The molecule has 0 radical (unpaired) electrons. The number of sulfonamides is 1. The third-order valence-corrected chi connectivity index (χ3v) is 9.50. The molecule has 8 nitrogen and oxygen atoms in total. The van der Waals surface area contributed by atoms with E-state index in [9.17, 15) is 22.4 Å². The SMILES string of the molecule is CCOc1ccc(S(=O)(=O)N(CC(=O)N(Cc2ccc(F)cc2)[C@@H](C)C(=O)NC2CCCCC2)c2ccc(C)cc2)cc1. The number of hydrogen-bond donors (Lipinski definition) is 1. The Morgan fingerprint density at radius 1 is 0.953 bits per heavy atom. The van der Waals surface area contributed by atoms with Gasteiger partial charge in [0.25, 0.3) is 10.0 Å². The fraction of sp³-hybridized carbons (Fsp3) is 0.394. The largest absolute Gasteiger partial charge is 0.494 e. The highest BCUT2D eigenvalue weighted by molar-refractivity contribution is 7.92. The Morgan fingerprint density at radius 3 is 2.19 bits per heavy atom. The molecule has 3 aromatic rings. The van der Waals surface area contributed by atoms with Crippen molar-refractivity contribution < 1.29 is 27.1 Å². The maximum Gasteiger partial charge on any atom is 0.264 e. The van der Waals surface area contributed by atoms with Gasteiger partial charge in [0.15, 0.2) is 0 Å². The molecule has 0 aliphatic heterocycles. The molecule has 0 spiro atoms. The number of nitrogens with zero attached hydrogens (tertiary/aromatic N) is 2. The third-order valence-electron chi connectivity index (χ3n) is 7.71. The number of benzene rings is 3. The van der Waals surface area contributed by atoms with Crippen molar-refractivity contribution in [3.63, 3.8) is 0 Å². The smallest absolute Gasteiger partial charge is 0.264 e. The second kappa shape index (κ2) is 14.5. The Morgan fingerprint density at radius 2 is 1.58 bits per heavy atom. The van der Waals surface area contributed by atoms with Gasteiger partial charge in [-0.2, -0.15) is 0 Å². The number of anilines is 1. The predicted molar refractivity (Wildman–Crippen MR) is 165 cm³/mol. The number of carbonyl (C=O) groups is 2. The third kappa shape index (κ3) is 8.34. The molecule has 1 fully saturated rings. The summed E-state index contributed by atoms with van der Waals surface area (Å²) in [6, 6.07) is 17.7. The van der Waals surface area contributed by atoms with Crippen LogP contribution in [0.25, 0.3) is 0 Å². The van der Waals surface area contributed by atoms with E-state index in [2.05, 4.69) is 5.32 Å². The van der Waals surface area contributed by atoms with Crippen LogP contribution in [0.1, 0.15) is 57.1 Å². The number of amides is 2. The first-order valence-corrected chi connectivity index (χ1v) is 16.2. The van der Waals surface area contributed by atoms with Crippen LogP contribution in [0.4, 0.5) is 10.1 Å². The molecule has 43 heavy (non-hydrogen) atoms. The van der Waals surface area contributed by atoms with Gasteiger partial charge in [-0.25, -0.2) is 12.8 Å². The number of aryl methyl sites for hydroxylation is 1. The lowest BCUT2D eigenvalue weighted by Gasteiger charge is -2.33. The number of nitrogens with one attached hydrogen (secondary N) is 1. The van der Waals surface area contributed by atoms with Crippen LogP contribution >= 0.6 is 0 Å². The number of carbonyl (C=O) groups excluding carboxylic acids is 2. The second-order valence-corrected chi connectivity index (χ2v) is 12.8. The highest BCUT2D eigenvalue weighted by Gasteiger charge is 2.33. The van der Waals surface area contributed by atoms with E-state index in [1.807, 2.05) is 13.8 Å². The minimum Gasteiger partial charge on any atom is -0.494 e. The van der Waals surface area contributed by atoms with E-state index in [4.69, 9.17) is 4.74 Å². The van der Waals surface area contributed by atoms with Gasteiger partial charge in [0.1, 0.15) is 24.2 Å². The lowest BCUT2D eigenvalue weighted by molar-refractivity contribution is -0.139. The van der Waals surface area contributed by atoms with Gasteiger partial charge in [-0.15, -0.1) is 0 Å². The first kappa shape index (κ1) is 32.0. The van der Waals surface area contributed by atoms with Gasteiger partial charge in [-0.05, 0) is 87.7 Å². The van der Waals surface area contributed by atoms with Crippen molar-refractivity contribution in [2.75, 3.05) is 17.5 Å².